The summed E-state index contributed by atoms with van der Waals surface area (Å²) in [4.78, 5) is 2.59. The minimum atomic E-state index is -0.371. The lowest BCUT2D eigenvalue weighted by Gasteiger charge is -2.48. The molecule has 11 nitrogen and oxygen atoms in total. The van der Waals surface area contributed by atoms with E-state index < -0.39 is 0 Å². The van der Waals surface area contributed by atoms with Crippen molar-refractivity contribution in [1.82, 2.24) is 35.3 Å². The van der Waals surface area contributed by atoms with Crippen molar-refractivity contribution in [2.75, 3.05) is 52.4 Å². The number of aryl methyl sites for hydroxylation is 4. The number of unbranched alkanes of at least 4 members (excludes halogenated alkanes) is 9. The highest BCUT2D eigenvalue weighted by molar-refractivity contribution is 5.00. The highest BCUT2D eigenvalue weighted by atomic mass is 16.3. The van der Waals surface area contributed by atoms with Gasteiger partial charge in [-0.1, -0.05) is 87.0 Å². The van der Waals surface area contributed by atoms with Gasteiger partial charge in [-0.2, -0.15) is 0 Å². The second kappa shape index (κ2) is 33.8. The zero-order valence-corrected chi connectivity index (χ0v) is 48.0. The molecule has 3 atom stereocenters. The maximum Gasteiger partial charge on any atom is 0.243 e. The van der Waals surface area contributed by atoms with Gasteiger partial charge in [0.2, 0.25) is 12.7 Å². The molecule has 0 aliphatic heterocycles. The first-order chi connectivity index (χ1) is 32.7. The summed E-state index contributed by atoms with van der Waals surface area (Å²) in [7, 11) is 0. The first kappa shape index (κ1) is 63.3. The molecule has 0 saturated heterocycles. The third-order valence-electron chi connectivity index (χ3n) is 16.8. The van der Waals surface area contributed by atoms with E-state index in [1.807, 2.05) is 0 Å². The van der Waals surface area contributed by atoms with Gasteiger partial charge in [-0.05, 0) is 195 Å². The summed E-state index contributed by atoms with van der Waals surface area (Å²) in [6.45, 7) is 42.5. The van der Waals surface area contributed by atoms with Crippen LogP contribution in [0.15, 0.2) is 37.4 Å². The molecule has 2 rings (SSSR count). The number of aromatic nitrogens is 4. The van der Waals surface area contributed by atoms with E-state index in [-0.39, 0.29) is 33.6 Å². The zero-order chi connectivity index (χ0) is 51.2. The molecule has 404 valence electrons. The molecule has 2 aromatic rings. The monoisotopic (exact) mass is 971 g/mol. The van der Waals surface area contributed by atoms with Crippen molar-refractivity contribution in [2.24, 2.45) is 16.6 Å². The van der Waals surface area contributed by atoms with Crippen LogP contribution in [0, 0.1) is 10.8 Å². The predicted octanol–water partition coefficient (Wildman–Crippen LogP) is 10.2. The molecule has 3 unspecified atom stereocenters. The van der Waals surface area contributed by atoms with Gasteiger partial charge in [0.1, 0.15) is 24.8 Å². The fraction of sp³-hybridized carbons (Fsp3) is 0.897. The predicted molar refractivity (Wildman–Crippen MR) is 296 cm³/mol. The van der Waals surface area contributed by atoms with Gasteiger partial charge < -0.3 is 37.0 Å². The largest absolute Gasteiger partial charge is 0.393 e. The lowest BCUT2D eigenvalue weighted by atomic mass is 9.65. The molecule has 0 amide bonds. The number of aliphatic hydroxyl groups excluding tert-OH is 1. The van der Waals surface area contributed by atoms with Crippen molar-refractivity contribution >= 4 is 0 Å². The molecule has 0 bridgehead atoms. The molecule has 0 aromatic carbocycles. The van der Waals surface area contributed by atoms with Crippen molar-refractivity contribution < 1.29 is 14.2 Å². The zero-order valence-electron chi connectivity index (χ0n) is 48.0. The Kier molecular flexibility index (Phi) is 31.0. The van der Waals surface area contributed by atoms with Gasteiger partial charge >= 0.3 is 0 Å². The fourth-order valence-electron chi connectivity index (χ4n) is 9.81. The van der Waals surface area contributed by atoms with E-state index in [0.717, 1.165) is 130 Å². The summed E-state index contributed by atoms with van der Waals surface area (Å²) in [6.07, 6.45) is 37.1. The van der Waals surface area contributed by atoms with Crippen LogP contribution < -0.4 is 36.1 Å². The third kappa shape index (κ3) is 26.1. The van der Waals surface area contributed by atoms with Crippen molar-refractivity contribution in [2.45, 2.75) is 273 Å². The highest BCUT2D eigenvalue weighted by Gasteiger charge is 2.43. The first-order valence-corrected chi connectivity index (χ1v) is 28.9. The van der Waals surface area contributed by atoms with Gasteiger partial charge in [0.15, 0.2) is 0 Å². The van der Waals surface area contributed by atoms with Crippen LogP contribution in [0.1, 0.15) is 218 Å². The van der Waals surface area contributed by atoms with Crippen LogP contribution >= 0.6 is 0 Å². The Hall–Kier alpha value is -1.86. The highest BCUT2D eigenvalue weighted by Crippen LogP contribution is 2.42. The number of aliphatic hydroxyl groups is 1. The topological polar surface area (TPSA) is 115 Å². The van der Waals surface area contributed by atoms with E-state index in [9.17, 15) is 5.11 Å². The molecular formula is C58H118N10O+2. The molecule has 0 radical (unpaired) electrons. The molecule has 0 spiro atoms. The average molecular weight is 972 g/mol. The minimum absolute atomic E-state index is 0.0709. The number of nitrogens with one attached hydrogen (secondary N) is 4. The normalized spacial score (nSPS) is 14.8. The Morgan fingerprint density at radius 2 is 1.03 bits per heavy atom. The Morgan fingerprint density at radius 3 is 1.52 bits per heavy atom. The second-order valence-electron chi connectivity index (χ2n) is 24.1. The molecule has 0 aliphatic carbocycles. The van der Waals surface area contributed by atoms with E-state index in [1.54, 1.807) is 0 Å². The summed E-state index contributed by atoms with van der Waals surface area (Å²) in [6, 6.07) is 0.621. The SMILES string of the molecule is CCC(C)NCCC[n+]1ccn(CCCCCCCCCCCCn2cc[n+](CCCNC(C)(CC)C(C)(C)CC(O)CC(C)(C)C(C)(C)NCCCN(CCCN)CCCNC(C)(C)CC)c2)c1. The van der Waals surface area contributed by atoms with Crippen LogP contribution in [-0.4, -0.2) is 100 Å². The molecular weight excluding hydrogens is 853 g/mol. The van der Waals surface area contributed by atoms with E-state index in [2.05, 4.69) is 172 Å². The molecule has 0 fully saturated rings. The lowest BCUT2D eigenvalue weighted by Crippen LogP contribution is -2.56. The van der Waals surface area contributed by atoms with Crippen LogP contribution in [0.3, 0.4) is 0 Å². The molecule has 7 N–H and O–H groups in total. The Morgan fingerprint density at radius 1 is 0.565 bits per heavy atom. The van der Waals surface area contributed by atoms with Gasteiger partial charge in [0.25, 0.3) is 0 Å². The van der Waals surface area contributed by atoms with Gasteiger partial charge in [-0.25, -0.2) is 18.3 Å². The van der Waals surface area contributed by atoms with Crippen LogP contribution in [0.2, 0.25) is 0 Å². The van der Waals surface area contributed by atoms with Crippen LogP contribution in [0.5, 0.6) is 0 Å². The Bertz CT molecular complexity index is 1550. The van der Waals surface area contributed by atoms with Crippen molar-refractivity contribution in [3.63, 3.8) is 0 Å². The summed E-state index contributed by atoms with van der Waals surface area (Å²) in [5.41, 5.74) is 5.77. The van der Waals surface area contributed by atoms with Gasteiger partial charge in [0.05, 0.1) is 32.3 Å². The van der Waals surface area contributed by atoms with Crippen LogP contribution in [0.4, 0.5) is 0 Å². The second-order valence-corrected chi connectivity index (χ2v) is 24.1. The molecule has 0 saturated carbocycles. The van der Waals surface area contributed by atoms with E-state index in [4.69, 9.17) is 5.73 Å². The van der Waals surface area contributed by atoms with Crippen molar-refractivity contribution in [3.8, 4) is 0 Å². The van der Waals surface area contributed by atoms with Crippen LogP contribution in [-0.2, 0) is 26.2 Å². The lowest BCUT2D eigenvalue weighted by molar-refractivity contribution is -0.696. The number of hydrogen-bond donors (Lipinski definition) is 6. The molecule has 0 aliphatic rings. The molecule has 11 heteroatoms. The number of imidazole rings is 2. The fourth-order valence-corrected chi connectivity index (χ4v) is 9.81. The molecule has 2 aromatic heterocycles. The minimum Gasteiger partial charge on any atom is -0.393 e. The molecule has 2 heterocycles. The quantitative estimate of drug-likeness (QED) is 0.0289. The number of nitrogens with zero attached hydrogens (tertiary/aromatic N) is 5. The standard InChI is InChI=1S/C58H118N10O/c1-14-52(4)60-33-28-42-67-46-44-65(50-67)37-25-23-21-19-17-18-20-22-24-26-38-66-45-47-68(51-66)43-31-36-63-58(13,16-3)55(7,8)49-53(69)48-54(5,6)57(11,12)62-35-30-41-64(39-27-32-59)40-29-34-61-56(9,10)15-2/h44-47,50-53,60-63,69H,14-43,48-49,59H2,1-13H3/q+2. The van der Waals surface area contributed by atoms with Crippen LogP contribution in [0.25, 0.3) is 0 Å². The van der Waals surface area contributed by atoms with E-state index in [1.165, 1.54) is 77.0 Å². The summed E-state index contributed by atoms with van der Waals surface area (Å²) < 4.78 is 9.43. The van der Waals surface area contributed by atoms with E-state index in [0.29, 0.717) is 6.04 Å². The summed E-state index contributed by atoms with van der Waals surface area (Å²) in [5, 5.41) is 26.9. The van der Waals surface area contributed by atoms with Gasteiger partial charge in [-0.3, -0.25) is 0 Å². The number of hydrogen-bond acceptors (Lipinski definition) is 7. The third-order valence-corrected chi connectivity index (χ3v) is 16.8. The Labute approximate surface area is 427 Å². The summed E-state index contributed by atoms with van der Waals surface area (Å²) in [5.74, 6) is 0. The molecule has 69 heavy (non-hydrogen) atoms. The number of nitrogens with two attached hydrogens (primary N) is 1. The van der Waals surface area contributed by atoms with Gasteiger partial charge in [-0.15, -0.1) is 0 Å². The smallest absolute Gasteiger partial charge is 0.243 e. The van der Waals surface area contributed by atoms with Crippen molar-refractivity contribution in [1.29, 1.82) is 0 Å². The van der Waals surface area contributed by atoms with Crippen molar-refractivity contribution in [3.05, 3.63) is 37.4 Å². The van der Waals surface area contributed by atoms with E-state index >= 15 is 0 Å². The Balaban J connectivity index is 1.61. The summed E-state index contributed by atoms with van der Waals surface area (Å²) >= 11 is 0. The maximum absolute atomic E-state index is 11.7. The number of rotatable bonds is 45. The van der Waals surface area contributed by atoms with Gasteiger partial charge in [0, 0.05) is 22.7 Å². The average Bonchev–Trinajstić information content (AvgIpc) is 3.97. The maximum atomic E-state index is 11.7. The first-order valence-electron chi connectivity index (χ1n) is 28.9.